The average molecular weight is 290 g/mol. The van der Waals surface area contributed by atoms with Gasteiger partial charge in [0.15, 0.2) is 0 Å². The van der Waals surface area contributed by atoms with Crippen LogP contribution in [-0.4, -0.2) is 36.0 Å². The molecule has 0 radical (unpaired) electrons. The van der Waals surface area contributed by atoms with E-state index in [9.17, 15) is 9.59 Å². The number of benzene rings is 1. The number of carbonyl (C=O) groups is 2. The lowest BCUT2D eigenvalue weighted by atomic mass is 10.2. The molecule has 1 aromatic rings. The fourth-order valence-electron chi connectivity index (χ4n) is 2.22. The van der Waals surface area contributed by atoms with Crippen molar-refractivity contribution in [2.75, 3.05) is 13.1 Å². The van der Waals surface area contributed by atoms with Crippen molar-refractivity contribution in [2.24, 2.45) is 5.92 Å². The molecule has 5 nitrogen and oxygen atoms in total. The van der Waals surface area contributed by atoms with Crippen molar-refractivity contribution >= 4 is 12.0 Å². The van der Waals surface area contributed by atoms with Gasteiger partial charge in [0.25, 0.3) is 0 Å². The average Bonchev–Trinajstić information content (AvgIpc) is 2.94. The highest BCUT2D eigenvalue weighted by molar-refractivity contribution is 5.78. The van der Waals surface area contributed by atoms with Crippen LogP contribution in [0, 0.1) is 5.92 Å². The maximum atomic E-state index is 12.0. The van der Waals surface area contributed by atoms with Gasteiger partial charge in [-0.15, -0.1) is 0 Å². The second-order valence-corrected chi connectivity index (χ2v) is 5.64. The molecule has 1 fully saturated rings. The van der Waals surface area contributed by atoms with Crippen LogP contribution in [0.15, 0.2) is 30.3 Å². The fourth-order valence-corrected chi connectivity index (χ4v) is 2.22. The summed E-state index contributed by atoms with van der Waals surface area (Å²) < 4.78 is 5.29. The van der Waals surface area contributed by atoms with E-state index >= 15 is 0 Å². The molecule has 0 aliphatic carbocycles. The minimum absolute atomic E-state index is 0.0273. The molecule has 0 bridgehead atoms. The Hall–Kier alpha value is -2.04. The quantitative estimate of drug-likeness (QED) is 0.924. The summed E-state index contributed by atoms with van der Waals surface area (Å²) in [4.78, 5) is 25.3. The van der Waals surface area contributed by atoms with Crippen LogP contribution in [-0.2, 0) is 16.1 Å². The van der Waals surface area contributed by atoms with Gasteiger partial charge in [0.1, 0.15) is 6.61 Å². The third-order valence-electron chi connectivity index (χ3n) is 3.52. The second-order valence-electron chi connectivity index (χ2n) is 5.64. The summed E-state index contributed by atoms with van der Waals surface area (Å²) >= 11 is 0. The lowest BCUT2D eigenvalue weighted by Crippen LogP contribution is -2.40. The first kappa shape index (κ1) is 15.4. The molecule has 0 aromatic heterocycles. The van der Waals surface area contributed by atoms with E-state index in [2.05, 4.69) is 5.32 Å². The summed E-state index contributed by atoms with van der Waals surface area (Å²) in [5.74, 6) is -0.0106. The molecule has 1 heterocycles. The molecule has 1 N–H and O–H groups in total. The SMILES string of the molecule is CC(C)C(=O)N[C@@H]1CCN(C(=O)OCc2ccccc2)C1. The number of rotatable bonds is 4. The number of hydrogen-bond donors (Lipinski definition) is 1. The number of ether oxygens (including phenoxy) is 1. The van der Waals surface area contributed by atoms with Crippen LogP contribution in [0.5, 0.6) is 0 Å². The van der Waals surface area contributed by atoms with Crippen LogP contribution in [0.1, 0.15) is 25.8 Å². The fraction of sp³-hybridized carbons (Fsp3) is 0.500. The monoisotopic (exact) mass is 290 g/mol. The van der Waals surface area contributed by atoms with E-state index in [1.165, 1.54) is 0 Å². The van der Waals surface area contributed by atoms with Crippen molar-refractivity contribution < 1.29 is 14.3 Å². The minimum atomic E-state index is -0.319. The highest BCUT2D eigenvalue weighted by Gasteiger charge is 2.28. The van der Waals surface area contributed by atoms with Crippen molar-refractivity contribution in [3.8, 4) is 0 Å². The highest BCUT2D eigenvalue weighted by Crippen LogP contribution is 2.12. The van der Waals surface area contributed by atoms with Crippen LogP contribution >= 0.6 is 0 Å². The van der Waals surface area contributed by atoms with Crippen LogP contribution in [0.3, 0.4) is 0 Å². The van der Waals surface area contributed by atoms with Gasteiger partial charge in [0.05, 0.1) is 0 Å². The number of amides is 2. The molecule has 21 heavy (non-hydrogen) atoms. The molecule has 0 unspecified atom stereocenters. The number of nitrogens with zero attached hydrogens (tertiary/aromatic N) is 1. The molecule has 2 amide bonds. The van der Waals surface area contributed by atoms with Gasteiger partial charge in [0, 0.05) is 25.0 Å². The third kappa shape index (κ3) is 4.48. The predicted molar refractivity (Wildman–Crippen MR) is 79.6 cm³/mol. The number of carbonyl (C=O) groups excluding carboxylic acids is 2. The maximum Gasteiger partial charge on any atom is 0.410 e. The van der Waals surface area contributed by atoms with E-state index in [0.29, 0.717) is 13.1 Å². The van der Waals surface area contributed by atoms with Gasteiger partial charge >= 0.3 is 6.09 Å². The van der Waals surface area contributed by atoms with E-state index in [4.69, 9.17) is 4.74 Å². The van der Waals surface area contributed by atoms with Crippen LogP contribution in [0.25, 0.3) is 0 Å². The van der Waals surface area contributed by atoms with Gasteiger partial charge in [-0.05, 0) is 12.0 Å². The van der Waals surface area contributed by atoms with Crippen molar-refractivity contribution in [1.29, 1.82) is 0 Å². The zero-order chi connectivity index (χ0) is 15.2. The summed E-state index contributed by atoms with van der Waals surface area (Å²) in [5, 5.41) is 2.95. The highest BCUT2D eigenvalue weighted by atomic mass is 16.6. The predicted octanol–water partition coefficient (Wildman–Crippen LogP) is 2.17. The molecule has 114 valence electrons. The Balaban J connectivity index is 1.76. The van der Waals surface area contributed by atoms with Gasteiger partial charge in [-0.3, -0.25) is 4.79 Å². The number of nitrogens with one attached hydrogen (secondary N) is 1. The van der Waals surface area contributed by atoms with E-state index in [1.54, 1.807) is 4.90 Å². The lowest BCUT2D eigenvalue weighted by molar-refractivity contribution is -0.124. The third-order valence-corrected chi connectivity index (χ3v) is 3.52. The molecule has 0 saturated carbocycles. The molecule has 1 aliphatic heterocycles. The summed E-state index contributed by atoms with van der Waals surface area (Å²) in [6, 6.07) is 9.62. The molecule has 0 spiro atoms. The van der Waals surface area contributed by atoms with Crippen LogP contribution in [0.2, 0.25) is 0 Å². The standard InChI is InChI=1S/C16H22N2O3/c1-12(2)15(19)17-14-8-9-18(10-14)16(20)21-11-13-6-4-3-5-7-13/h3-7,12,14H,8-11H2,1-2H3,(H,17,19)/t14-/m1/s1. The molecule has 1 aromatic carbocycles. The first-order valence-corrected chi connectivity index (χ1v) is 7.32. The second kappa shape index (κ2) is 7.11. The maximum absolute atomic E-state index is 12.0. The molecule has 2 rings (SSSR count). The largest absolute Gasteiger partial charge is 0.445 e. The Morgan fingerprint density at radius 1 is 1.33 bits per heavy atom. The normalized spacial score (nSPS) is 17.9. The first-order valence-electron chi connectivity index (χ1n) is 7.32. The van der Waals surface area contributed by atoms with Crippen molar-refractivity contribution in [3.05, 3.63) is 35.9 Å². The van der Waals surface area contributed by atoms with E-state index in [0.717, 1.165) is 12.0 Å². The minimum Gasteiger partial charge on any atom is -0.445 e. The van der Waals surface area contributed by atoms with E-state index < -0.39 is 0 Å². The van der Waals surface area contributed by atoms with Gasteiger partial charge in [-0.1, -0.05) is 44.2 Å². The summed E-state index contributed by atoms with van der Waals surface area (Å²) in [6.07, 6.45) is 0.457. The Bertz CT molecular complexity index is 488. The van der Waals surface area contributed by atoms with E-state index in [1.807, 2.05) is 44.2 Å². The number of hydrogen-bond acceptors (Lipinski definition) is 3. The Labute approximate surface area is 125 Å². The molecular weight excluding hydrogens is 268 g/mol. The van der Waals surface area contributed by atoms with Crippen molar-refractivity contribution in [2.45, 2.75) is 32.9 Å². The van der Waals surface area contributed by atoms with Gasteiger partial charge in [-0.2, -0.15) is 0 Å². The number of likely N-dealkylation sites (tertiary alicyclic amines) is 1. The first-order chi connectivity index (χ1) is 10.1. The Kier molecular flexibility index (Phi) is 5.20. The summed E-state index contributed by atoms with van der Waals surface area (Å²) in [6.45, 7) is 5.13. The molecular formula is C16H22N2O3. The Morgan fingerprint density at radius 2 is 2.05 bits per heavy atom. The topological polar surface area (TPSA) is 58.6 Å². The zero-order valence-electron chi connectivity index (χ0n) is 12.5. The summed E-state index contributed by atoms with van der Waals surface area (Å²) in [5.41, 5.74) is 0.967. The summed E-state index contributed by atoms with van der Waals surface area (Å²) in [7, 11) is 0. The van der Waals surface area contributed by atoms with Crippen LogP contribution in [0.4, 0.5) is 4.79 Å². The molecule has 5 heteroatoms. The molecule has 1 aliphatic rings. The van der Waals surface area contributed by atoms with Gasteiger partial charge in [-0.25, -0.2) is 4.79 Å². The van der Waals surface area contributed by atoms with E-state index in [-0.39, 0.29) is 30.6 Å². The van der Waals surface area contributed by atoms with Crippen molar-refractivity contribution in [1.82, 2.24) is 10.2 Å². The molecule has 1 atom stereocenters. The zero-order valence-corrected chi connectivity index (χ0v) is 12.5. The molecule has 1 saturated heterocycles. The van der Waals surface area contributed by atoms with Crippen molar-refractivity contribution in [3.63, 3.8) is 0 Å². The van der Waals surface area contributed by atoms with Crippen LogP contribution < -0.4 is 5.32 Å². The van der Waals surface area contributed by atoms with Gasteiger partial charge < -0.3 is 15.0 Å². The van der Waals surface area contributed by atoms with Gasteiger partial charge in [0.2, 0.25) is 5.91 Å². The Morgan fingerprint density at radius 3 is 2.71 bits per heavy atom. The smallest absolute Gasteiger partial charge is 0.410 e. The lowest BCUT2D eigenvalue weighted by Gasteiger charge is -2.17.